The van der Waals surface area contributed by atoms with Crippen molar-refractivity contribution in [2.45, 2.75) is 65.3 Å². The van der Waals surface area contributed by atoms with Crippen molar-refractivity contribution in [2.24, 2.45) is 5.73 Å². The van der Waals surface area contributed by atoms with Crippen LogP contribution in [0.25, 0.3) is 0 Å². The molecule has 0 fully saturated rings. The number of allylic oxidation sites excluding steroid dienone is 1. The Morgan fingerprint density at radius 3 is 1.96 bits per heavy atom. The number of hydrogen-bond acceptors (Lipinski definition) is 1. The molecule has 2 aromatic rings. The molecule has 0 saturated carbocycles. The van der Waals surface area contributed by atoms with E-state index in [1.807, 2.05) is 0 Å². The average Bonchev–Trinajstić information content (AvgIpc) is 2.61. The van der Waals surface area contributed by atoms with E-state index >= 15 is 0 Å². The molecular weight excluding hydrogens is 302 g/mol. The third-order valence-corrected chi connectivity index (χ3v) is 5.49. The average molecular weight is 336 g/mol. The van der Waals surface area contributed by atoms with E-state index in [-0.39, 0.29) is 11.5 Å². The highest BCUT2D eigenvalue weighted by Gasteiger charge is 2.23. The highest BCUT2D eigenvalue weighted by Crippen LogP contribution is 2.33. The molecule has 0 aromatic heterocycles. The molecule has 0 amide bonds. The molecule has 0 radical (unpaired) electrons. The van der Waals surface area contributed by atoms with Gasteiger partial charge in [-0.15, -0.1) is 0 Å². The Bertz CT molecular complexity index is 703. The molecular formula is C24H33N. The third kappa shape index (κ3) is 4.61. The molecule has 1 nitrogen and oxygen atoms in total. The Labute approximate surface area is 154 Å². The lowest BCUT2D eigenvalue weighted by Gasteiger charge is -2.28. The summed E-state index contributed by atoms with van der Waals surface area (Å²) >= 11 is 0. The van der Waals surface area contributed by atoms with Crippen LogP contribution >= 0.6 is 0 Å². The van der Waals surface area contributed by atoms with Crippen LogP contribution in [0.5, 0.6) is 0 Å². The van der Waals surface area contributed by atoms with Gasteiger partial charge in [0.1, 0.15) is 0 Å². The van der Waals surface area contributed by atoms with Gasteiger partial charge in [-0.25, -0.2) is 0 Å². The summed E-state index contributed by atoms with van der Waals surface area (Å²) in [6, 6.07) is 17.6. The molecule has 0 spiro atoms. The van der Waals surface area contributed by atoms with Crippen molar-refractivity contribution in [2.75, 3.05) is 0 Å². The van der Waals surface area contributed by atoms with Crippen LogP contribution in [0.15, 0.2) is 60.2 Å². The van der Waals surface area contributed by atoms with Crippen LogP contribution in [-0.2, 0) is 11.8 Å². The van der Waals surface area contributed by atoms with Crippen LogP contribution < -0.4 is 5.73 Å². The van der Waals surface area contributed by atoms with E-state index in [2.05, 4.69) is 96.1 Å². The third-order valence-electron chi connectivity index (χ3n) is 5.49. The summed E-state index contributed by atoms with van der Waals surface area (Å²) in [6.45, 7) is 13.4. The minimum Gasteiger partial charge on any atom is -0.321 e. The minimum atomic E-state index is -0.0693. The predicted molar refractivity (Wildman–Crippen MR) is 110 cm³/mol. The summed E-state index contributed by atoms with van der Waals surface area (Å²) in [5.41, 5.74) is 13.0. The molecule has 134 valence electrons. The van der Waals surface area contributed by atoms with Crippen molar-refractivity contribution in [3.05, 3.63) is 82.4 Å². The second kappa shape index (κ2) is 8.01. The van der Waals surface area contributed by atoms with E-state index in [0.717, 1.165) is 6.42 Å². The SMILES string of the molecule is CCc1ccc(C(N)/C=C(/C)C(C)(C)c2ccc(C(C)C)cc2)cc1. The van der Waals surface area contributed by atoms with Crippen molar-refractivity contribution < 1.29 is 0 Å². The molecule has 25 heavy (non-hydrogen) atoms. The molecule has 0 aliphatic carbocycles. The van der Waals surface area contributed by atoms with E-state index in [1.54, 1.807) is 0 Å². The largest absolute Gasteiger partial charge is 0.321 e. The van der Waals surface area contributed by atoms with Crippen LogP contribution in [0.2, 0.25) is 0 Å². The van der Waals surface area contributed by atoms with Crippen molar-refractivity contribution in [1.82, 2.24) is 0 Å². The lowest BCUT2D eigenvalue weighted by Crippen LogP contribution is -2.21. The maximum absolute atomic E-state index is 6.45. The smallest absolute Gasteiger partial charge is 0.0484 e. The van der Waals surface area contributed by atoms with Crippen LogP contribution in [0.4, 0.5) is 0 Å². The van der Waals surface area contributed by atoms with Crippen LogP contribution in [0.1, 0.15) is 75.8 Å². The molecule has 2 rings (SSSR count). The second-order valence-corrected chi connectivity index (χ2v) is 7.87. The summed E-state index contributed by atoms with van der Waals surface area (Å²) in [5, 5.41) is 0. The zero-order valence-electron chi connectivity index (χ0n) is 16.6. The Morgan fingerprint density at radius 2 is 1.48 bits per heavy atom. The maximum atomic E-state index is 6.45. The zero-order chi connectivity index (χ0) is 18.6. The molecule has 2 N–H and O–H groups in total. The second-order valence-electron chi connectivity index (χ2n) is 7.87. The maximum Gasteiger partial charge on any atom is 0.0484 e. The molecule has 0 aliphatic heterocycles. The highest BCUT2D eigenvalue weighted by atomic mass is 14.6. The molecule has 0 aliphatic rings. The van der Waals surface area contributed by atoms with Crippen molar-refractivity contribution in [3.63, 3.8) is 0 Å². The number of benzene rings is 2. The predicted octanol–water partition coefficient (Wildman–Crippen LogP) is 6.30. The Morgan fingerprint density at radius 1 is 0.960 bits per heavy atom. The first-order chi connectivity index (χ1) is 11.8. The number of aryl methyl sites for hydroxylation is 1. The standard InChI is InChI=1S/C24H33N/c1-7-19-8-10-21(11-9-19)23(25)16-18(4)24(5,6)22-14-12-20(13-15-22)17(2)3/h8-17,23H,7,25H2,1-6H3/b18-16-. The first-order valence-electron chi connectivity index (χ1n) is 9.39. The summed E-state index contributed by atoms with van der Waals surface area (Å²) in [7, 11) is 0. The van der Waals surface area contributed by atoms with E-state index in [0.29, 0.717) is 5.92 Å². The van der Waals surface area contributed by atoms with E-state index in [1.165, 1.54) is 27.8 Å². The quantitative estimate of drug-likeness (QED) is 0.616. The first kappa shape index (κ1) is 19.5. The van der Waals surface area contributed by atoms with Gasteiger partial charge >= 0.3 is 0 Å². The minimum absolute atomic E-state index is 0.0313. The lowest BCUT2D eigenvalue weighted by atomic mass is 9.77. The molecule has 2 aromatic carbocycles. The van der Waals surface area contributed by atoms with Crippen LogP contribution in [0, 0.1) is 0 Å². The van der Waals surface area contributed by atoms with Gasteiger partial charge in [-0.1, -0.05) is 94.8 Å². The zero-order valence-corrected chi connectivity index (χ0v) is 16.6. The Balaban J connectivity index is 2.22. The molecule has 1 heteroatoms. The van der Waals surface area contributed by atoms with Gasteiger partial charge in [0.15, 0.2) is 0 Å². The van der Waals surface area contributed by atoms with Gasteiger partial charge in [0.25, 0.3) is 0 Å². The van der Waals surface area contributed by atoms with Gasteiger partial charge in [-0.2, -0.15) is 0 Å². The molecule has 0 heterocycles. The van der Waals surface area contributed by atoms with Gasteiger partial charge in [0, 0.05) is 11.5 Å². The number of hydrogen-bond donors (Lipinski definition) is 1. The molecule has 0 saturated heterocycles. The number of nitrogens with two attached hydrogens (primary N) is 1. The van der Waals surface area contributed by atoms with Crippen molar-refractivity contribution >= 4 is 0 Å². The first-order valence-corrected chi connectivity index (χ1v) is 9.39. The van der Waals surface area contributed by atoms with Gasteiger partial charge in [-0.05, 0) is 41.5 Å². The van der Waals surface area contributed by atoms with Gasteiger partial charge in [0.2, 0.25) is 0 Å². The number of rotatable bonds is 6. The summed E-state index contributed by atoms with van der Waals surface area (Å²) in [4.78, 5) is 0. The van der Waals surface area contributed by atoms with Crippen LogP contribution in [-0.4, -0.2) is 0 Å². The fourth-order valence-electron chi connectivity index (χ4n) is 3.06. The van der Waals surface area contributed by atoms with E-state index in [4.69, 9.17) is 5.73 Å². The topological polar surface area (TPSA) is 26.0 Å². The normalized spacial score (nSPS) is 14.0. The molecule has 1 atom stereocenters. The summed E-state index contributed by atoms with van der Waals surface area (Å²) < 4.78 is 0. The molecule has 0 bridgehead atoms. The lowest BCUT2D eigenvalue weighted by molar-refractivity contribution is 0.615. The fraction of sp³-hybridized carbons (Fsp3) is 0.417. The van der Waals surface area contributed by atoms with Gasteiger partial charge in [0.05, 0.1) is 0 Å². The highest BCUT2D eigenvalue weighted by molar-refractivity contribution is 5.38. The summed E-state index contributed by atoms with van der Waals surface area (Å²) in [6.07, 6.45) is 3.26. The molecule has 1 unspecified atom stereocenters. The van der Waals surface area contributed by atoms with E-state index in [9.17, 15) is 0 Å². The monoisotopic (exact) mass is 335 g/mol. The Kier molecular flexibility index (Phi) is 6.24. The van der Waals surface area contributed by atoms with Gasteiger partial charge in [-0.3, -0.25) is 0 Å². The van der Waals surface area contributed by atoms with Gasteiger partial charge < -0.3 is 5.73 Å². The van der Waals surface area contributed by atoms with Crippen LogP contribution in [0.3, 0.4) is 0 Å². The van der Waals surface area contributed by atoms with E-state index < -0.39 is 0 Å². The van der Waals surface area contributed by atoms with Crippen molar-refractivity contribution in [1.29, 1.82) is 0 Å². The Hall–Kier alpha value is -1.86. The van der Waals surface area contributed by atoms with Crippen molar-refractivity contribution in [3.8, 4) is 0 Å². The summed E-state index contributed by atoms with van der Waals surface area (Å²) in [5.74, 6) is 0.563. The fourth-order valence-corrected chi connectivity index (χ4v) is 3.06.